The molecule has 0 fully saturated rings. The van der Waals surface area contributed by atoms with Crippen molar-refractivity contribution in [1.82, 2.24) is 4.90 Å². The number of benzene rings is 2. The zero-order valence-corrected chi connectivity index (χ0v) is 14.3. The van der Waals surface area contributed by atoms with Gasteiger partial charge in [-0.3, -0.25) is 0 Å². The number of halogens is 2. The van der Waals surface area contributed by atoms with E-state index in [1.807, 2.05) is 19.2 Å². The Hall–Kier alpha value is -0.910. The molecular formula is C16H15Cl2NO2S. The van der Waals surface area contributed by atoms with Gasteiger partial charge in [0.05, 0.1) is 4.90 Å². The van der Waals surface area contributed by atoms with Crippen molar-refractivity contribution < 1.29 is 8.76 Å². The van der Waals surface area contributed by atoms with Crippen LogP contribution in [-0.4, -0.2) is 27.3 Å². The van der Waals surface area contributed by atoms with Gasteiger partial charge in [0, 0.05) is 29.1 Å². The van der Waals surface area contributed by atoms with Crippen LogP contribution in [0.3, 0.4) is 0 Å². The molecule has 3 rings (SSSR count). The number of nitrogens with zero attached hydrogens (tertiary/aromatic N) is 1. The van der Waals surface area contributed by atoms with E-state index in [2.05, 4.69) is 4.90 Å². The van der Waals surface area contributed by atoms with Gasteiger partial charge in [0.2, 0.25) is 0 Å². The fourth-order valence-electron chi connectivity index (χ4n) is 2.97. The first-order valence-corrected chi connectivity index (χ1v) is 8.69. The largest absolute Gasteiger partial charge is 0.302 e. The molecule has 116 valence electrons. The number of hydrogen-bond donors (Lipinski definition) is 1. The summed E-state index contributed by atoms with van der Waals surface area (Å²) in [4.78, 5) is 2.59. The van der Waals surface area contributed by atoms with Gasteiger partial charge in [0.15, 0.2) is 11.1 Å². The van der Waals surface area contributed by atoms with Gasteiger partial charge >= 0.3 is 0 Å². The average Bonchev–Trinajstić information content (AvgIpc) is 2.47. The summed E-state index contributed by atoms with van der Waals surface area (Å²) in [5, 5.41) is 1.28. The van der Waals surface area contributed by atoms with Gasteiger partial charge in [-0.1, -0.05) is 35.3 Å². The third kappa shape index (κ3) is 3.07. The highest BCUT2D eigenvalue weighted by molar-refractivity contribution is 7.79. The number of fused-ring (bicyclic) bond motifs is 1. The molecule has 1 heterocycles. The van der Waals surface area contributed by atoms with Crippen molar-refractivity contribution in [2.75, 3.05) is 13.6 Å². The molecule has 2 aromatic carbocycles. The molecule has 0 spiro atoms. The summed E-state index contributed by atoms with van der Waals surface area (Å²) in [6.45, 7) is 1.58. The van der Waals surface area contributed by atoms with Crippen molar-refractivity contribution >= 4 is 34.3 Å². The molecular weight excluding hydrogens is 341 g/mol. The summed E-state index contributed by atoms with van der Waals surface area (Å²) < 4.78 is 20.6. The Balaban J connectivity index is 2.13. The molecule has 0 bridgehead atoms. The molecule has 1 N–H and O–H groups in total. The molecule has 0 aromatic heterocycles. The van der Waals surface area contributed by atoms with E-state index in [1.165, 1.54) is 0 Å². The van der Waals surface area contributed by atoms with Gasteiger partial charge in [0.1, 0.15) is 0 Å². The van der Waals surface area contributed by atoms with Crippen LogP contribution in [0.1, 0.15) is 22.6 Å². The Bertz CT molecular complexity index is 751. The van der Waals surface area contributed by atoms with Crippen LogP contribution in [0.25, 0.3) is 0 Å². The van der Waals surface area contributed by atoms with Crippen molar-refractivity contribution in [1.29, 1.82) is 0 Å². The second-order valence-electron chi connectivity index (χ2n) is 5.53. The topological polar surface area (TPSA) is 40.5 Å². The van der Waals surface area contributed by atoms with Gasteiger partial charge in [-0.05, 0) is 48.0 Å². The lowest BCUT2D eigenvalue weighted by atomic mass is 9.85. The Morgan fingerprint density at radius 2 is 2.05 bits per heavy atom. The monoisotopic (exact) mass is 355 g/mol. The van der Waals surface area contributed by atoms with Gasteiger partial charge in [-0.15, -0.1) is 0 Å². The zero-order chi connectivity index (χ0) is 15.9. The fourth-order valence-corrected chi connectivity index (χ4v) is 3.97. The fraction of sp³-hybridized carbons (Fsp3) is 0.250. The maximum Gasteiger partial charge on any atom is 0.186 e. The minimum absolute atomic E-state index is 0.0773. The van der Waals surface area contributed by atoms with Crippen LogP contribution in [0.5, 0.6) is 0 Å². The first-order valence-electron chi connectivity index (χ1n) is 6.83. The Labute approximate surface area is 142 Å². The summed E-state index contributed by atoms with van der Waals surface area (Å²) >= 11 is 10.5. The van der Waals surface area contributed by atoms with E-state index in [1.54, 1.807) is 24.3 Å². The van der Waals surface area contributed by atoms with Crippen molar-refractivity contribution in [3.05, 3.63) is 63.1 Å². The third-order valence-corrected chi connectivity index (χ3v) is 5.17. The van der Waals surface area contributed by atoms with Crippen LogP contribution in [0.2, 0.25) is 10.0 Å². The van der Waals surface area contributed by atoms with E-state index in [-0.39, 0.29) is 5.92 Å². The molecule has 0 saturated carbocycles. The van der Waals surface area contributed by atoms with Gasteiger partial charge < -0.3 is 9.45 Å². The molecule has 2 atom stereocenters. The zero-order valence-electron chi connectivity index (χ0n) is 11.9. The number of hydrogen-bond acceptors (Lipinski definition) is 2. The molecule has 0 saturated heterocycles. The van der Waals surface area contributed by atoms with Crippen LogP contribution < -0.4 is 0 Å². The summed E-state index contributed by atoms with van der Waals surface area (Å²) in [7, 11) is 2.04. The number of rotatable bonds is 2. The lowest BCUT2D eigenvalue weighted by Gasteiger charge is -2.33. The average molecular weight is 356 g/mol. The maximum atomic E-state index is 11.3. The van der Waals surface area contributed by atoms with E-state index >= 15 is 0 Å². The molecule has 0 aliphatic carbocycles. The normalized spacial score (nSPS) is 19.7. The highest BCUT2D eigenvalue weighted by atomic mass is 35.5. The first kappa shape index (κ1) is 16.0. The summed E-state index contributed by atoms with van der Waals surface area (Å²) in [6.07, 6.45) is 0. The highest BCUT2D eigenvalue weighted by Gasteiger charge is 2.27. The van der Waals surface area contributed by atoms with Crippen molar-refractivity contribution in [2.24, 2.45) is 0 Å². The van der Waals surface area contributed by atoms with Gasteiger partial charge in [-0.2, -0.15) is 0 Å². The Morgan fingerprint density at radius 3 is 2.77 bits per heavy atom. The molecule has 0 radical (unpaired) electrons. The number of likely N-dealkylation sites (N-methyl/N-ethyl adjacent to an activating group) is 1. The maximum absolute atomic E-state index is 11.3. The summed E-state index contributed by atoms with van der Waals surface area (Å²) in [6, 6.07) is 10.9. The minimum atomic E-state index is -1.98. The molecule has 22 heavy (non-hydrogen) atoms. The molecule has 3 nitrogen and oxygen atoms in total. The first-order chi connectivity index (χ1) is 10.5. The van der Waals surface area contributed by atoms with Crippen molar-refractivity contribution in [3.8, 4) is 0 Å². The van der Waals surface area contributed by atoms with Crippen LogP contribution >= 0.6 is 23.2 Å². The van der Waals surface area contributed by atoms with Crippen molar-refractivity contribution in [2.45, 2.75) is 17.4 Å². The predicted molar refractivity (Wildman–Crippen MR) is 90.1 cm³/mol. The second kappa shape index (κ2) is 6.30. The Morgan fingerprint density at radius 1 is 1.27 bits per heavy atom. The lowest BCUT2D eigenvalue weighted by Crippen LogP contribution is -2.31. The van der Waals surface area contributed by atoms with E-state index in [9.17, 15) is 8.76 Å². The van der Waals surface area contributed by atoms with Crippen LogP contribution in [0, 0.1) is 0 Å². The molecule has 1 aliphatic rings. The lowest BCUT2D eigenvalue weighted by molar-refractivity contribution is 0.295. The molecule has 2 aromatic rings. The van der Waals surface area contributed by atoms with Crippen molar-refractivity contribution in [3.63, 3.8) is 0 Å². The van der Waals surface area contributed by atoms with Gasteiger partial charge in [0.25, 0.3) is 0 Å². The minimum Gasteiger partial charge on any atom is -0.302 e. The smallest absolute Gasteiger partial charge is 0.186 e. The van der Waals surface area contributed by atoms with Gasteiger partial charge in [-0.25, -0.2) is 4.21 Å². The van der Waals surface area contributed by atoms with E-state index in [0.717, 1.165) is 29.8 Å². The summed E-state index contributed by atoms with van der Waals surface area (Å²) in [5.74, 6) is 0.0773. The van der Waals surface area contributed by atoms with E-state index in [0.29, 0.717) is 14.9 Å². The summed E-state index contributed by atoms with van der Waals surface area (Å²) in [5.41, 5.74) is 3.16. The van der Waals surface area contributed by atoms with E-state index < -0.39 is 11.1 Å². The quantitative estimate of drug-likeness (QED) is 0.822. The molecule has 1 aliphatic heterocycles. The second-order valence-corrected chi connectivity index (χ2v) is 7.34. The Kier molecular flexibility index (Phi) is 4.57. The SMILES string of the molecule is CN1Cc2c(Cl)cc(Cl)cc2[C@H](c2cccc(S(=O)O)c2)C1. The molecule has 0 amide bonds. The van der Waals surface area contributed by atoms with Crippen LogP contribution in [0.15, 0.2) is 41.3 Å². The standard InChI is InChI=1S/C16H15Cl2NO2S/c1-19-8-14(10-3-2-4-12(5-10)22(20)21)13-6-11(17)7-16(18)15(13)9-19/h2-7,14H,8-9H2,1H3,(H,20,21)/t14-/m0/s1. The third-order valence-electron chi connectivity index (χ3n) is 3.95. The van der Waals surface area contributed by atoms with Crippen LogP contribution in [-0.2, 0) is 17.6 Å². The molecule has 1 unspecified atom stereocenters. The highest BCUT2D eigenvalue weighted by Crippen LogP contribution is 2.38. The molecule has 6 heteroatoms. The van der Waals surface area contributed by atoms with E-state index in [4.69, 9.17) is 23.2 Å². The predicted octanol–water partition coefficient (Wildman–Crippen LogP) is 4.15. The van der Waals surface area contributed by atoms with Crippen LogP contribution in [0.4, 0.5) is 0 Å².